The topological polar surface area (TPSA) is 56.8 Å². The molecule has 1 saturated heterocycles. The second-order valence-corrected chi connectivity index (χ2v) is 8.10. The Hall–Kier alpha value is -2.05. The summed E-state index contributed by atoms with van der Waals surface area (Å²) in [6.45, 7) is 6.08. The third-order valence-electron chi connectivity index (χ3n) is 4.35. The Morgan fingerprint density at radius 1 is 1.21 bits per heavy atom. The van der Waals surface area contributed by atoms with Crippen LogP contribution in [0.15, 0.2) is 46.9 Å². The third-order valence-corrected chi connectivity index (χ3v) is 4.97. The van der Waals surface area contributed by atoms with E-state index in [9.17, 15) is 4.79 Å². The van der Waals surface area contributed by atoms with Crippen molar-refractivity contribution < 1.29 is 19.0 Å². The van der Waals surface area contributed by atoms with Crippen LogP contribution in [0.2, 0.25) is 0 Å². The van der Waals surface area contributed by atoms with Crippen LogP contribution in [-0.4, -0.2) is 31.8 Å². The molecule has 0 aliphatic carbocycles. The lowest BCUT2D eigenvalue weighted by atomic mass is 10.2. The summed E-state index contributed by atoms with van der Waals surface area (Å²) >= 11 is 3.48. The molecule has 3 rings (SSSR count). The zero-order valence-electron chi connectivity index (χ0n) is 16.2. The second-order valence-electron chi connectivity index (χ2n) is 7.25. The van der Waals surface area contributed by atoms with Gasteiger partial charge in [0.1, 0.15) is 18.1 Å². The number of carbonyl (C=O) groups excluding carboxylic acids is 1. The quantitative estimate of drug-likeness (QED) is 0.596. The van der Waals surface area contributed by atoms with Gasteiger partial charge in [0.05, 0.1) is 22.9 Å². The molecule has 28 heavy (non-hydrogen) atoms. The van der Waals surface area contributed by atoms with Crippen molar-refractivity contribution >= 4 is 27.5 Å². The second kappa shape index (κ2) is 9.94. The average molecular weight is 448 g/mol. The van der Waals surface area contributed by atoms with Crippen molar-refractivity contribution in [2.45, 2.75) is 32.8 Å². The first-order chi connectivity index (χ1) is 13.5. The van der Waals surface area contributed by atoms with Gasteiger partial charge in [-0.2, -0.15) is 0 Å². The lowest BCUT2D eigenvalue weighted by Crippen LogP contribution is -2.18. The molecule has 0 radical (unpaired) electrons. The van der Waals surface area contributed by atoms with Crippen molar-refractivity contribution in [3.63, 3.8) is 0 Å². The Morgan fingerprint density at radius 2 is 2.04 bits per heavy atom. The summed E-state index contributed by atoms with van der Waals surface area (Å²) in [7, 11) is 0. The minimum Gasteiger partial charge on any atom is -0.492 e. The van der Waals surface area contributed by atoms with Crippen molar-refractivity contribution in [1.82, 2.24) is 0 Å². The molecule has 5 nitrogen and oxygen atoms in total. The molecule has 0 spiro atoms. The van der Waals surface area contributed by atoms with E-state index in [1.54, 1.807) is 18.2 Å². The van der Waals surface area contributed by atoms with Crippen molar-refractivity contribution in [3.8, 4) is 11.5 Å². The number of anilines is 1. The maximum Gasteiger partial charge on any atom is 0.255 e. The van der Waals surface area contributed by atoms with Crippen molar-refractivity contribution in [1.29, 1.82) is 0 Å². The SMILES string of the molecule is CC(C)COc1ccc(C(=O)Nc2ccccc2OCC2CCCO2)cc1Br. The zero-order valence-corrected chi connectivity index (χ0v) is 17.8. The molecule has 6 heteroatoms. The molecule has 2 aromatic rings. The van der Waals surface area contributed by atoms with Gasteiger partial charge in [-0.1, -0.05) is 26.0 Å². The smallest absolute Gasteiger partial charge is 0.255 e. The van der Waals surface area contributed by atoms with Gasteiger partial charge in [0, 0.05) is 12.2 Å². The van der Waals surface area contributed by atoms with E-state index in [2.05, 4.69) is 35.1 Å². The number of rotatable bonds is 8. The molecule has 0 bridgehead atoms. The fraction of sp³-hybridized carbons (Fsp3) is 0.409. The van der Waals surface area contributed by atoms with Crippen LogP contribution < -0.4 is 14.8 Å². The number of ether oxygens (including phenoxy) is 3. The van der Waals surface area contributed by atoms with E-state index in [1.165, 1.54) is 0 Å². The van der Waals surface area contributed by atoms with Crippen molar-refractivity contribution in [2.24, 2.45) is 5.92 Å². The van der Waals surface area contributed by atoms with Gasteiger partial charge in [0.25, 0.3) is 5.91 Å². The van der Waals surface area contributed by atoms with Crippen molar-refractivity contribution in [2.75, 3.05) is 25.1 Å². The number of benzene rings is 2. The van der Waals surface area contributed by atoms with Crippen LogP contribution in [0.3, 0.4) is 0 Å². The van der Waals surface area contributed by atoms with Crippen LogP contribution in [0.5, 0.6) is 11.5 Å². The van der Waals surface area contributed by atoms with E-state index < -0.39 is 0 Å². The van der Waals surface area contributed by atoms with E-state index >= 15 is 0 Å². The van der Waals surface area contributed by atoms with Gasteiger partial charge in [0.15, 0.2) is 0 Å². The summed E-state index contributed by atoms with van der Waals surface area (Å²) in [6, 6.07) is 12.8. The Bertz CT molecular complexity index is 803. The Morgan fingerprint density at radius 3 is 2.75 bits per heavy atom. The minimum atomic E-state index is -0.204. The Labute approximate surface area is 174 Å². The molecule has 1 amide bonds. The van der Waals surface area contributed by atoms with E-state index in [0.717, 1.165) is 29.7 Å². The third kappa shape index (κ3) is 5.72. The molecular weight excluding hydrogens is 422 g/mol. The van der Waals surface area contributed by atoms with Gasteiger partial charge in [-0.15, -0.1) is 0 Å². The van der Waals surface area contributed by atoms with Crippen LogP contribution in [0.1, 0.15) is 37.0 Å². The van der Waals surface area contributed by atoms with Gasteiger partial charge >= 0.3 is 0 Å². The summed E-state index contributed by atoms with van der Waals surface area (Å²) in [4.78, 5) is 12.7. The molecule has 2 aromatic carbocycles. The molecular formula is C22H26BrNO4. The lowest BCUT2D eigenvalue weighted by molar-refractivity contribution is 0.0682. The van der Waals surface area contributed by atoms with E-state index in [-0.39, 0.29) is 12.0 Å². The highest BCUT2D eigenvalue weighted by Crippen LogP contribution is 2.29. The fourth-order valence-corrected chi connectivity index (χ4v) is 3.36. The fourth-order valence-electron chi connectivity index (χ4n) is 2.86. The molecule has 1 atom stereocenters. The van der Waals surface area contributed by atoms with Crippen LogP contribution in [0.4, 0.5) is 5.69 Å². The summed E-state index contributed by atoms with van der Waals surface area (Å²) in [5, 5.41) is 2.93. The predicted octanol–water partition coefficient (Wildman–Crippen LogP) is 5.29. The van der Waals surface area contributed by atoms with E-state index in [1.807, 2.05) is 24.3 Å². The first-order valence-corrected chi connectivity index (χ1v) is 10.4. The Kier molecular flexibility index (Phi) is 7.34. The number of nitrogens with one attached hydrogen (secondary N) is 1. The number of hydrogen-bond donors (Lipinski definition) is 1. The maximum absolute atomic E-state index is 12.7. The predicted molar refractivity (Wildman–Crippen MR) is 113 cm³/mol. The molecule has 1 fully saturated rings. The normalized spacial score (nSPS) is 16.2. The van der Waals surface area contributed by atoms with Gasteiger partial charge in [0.2, 0.25) is 0 Å². The number of halogens is 1. The zero-order chi connectivity index (χ0) is 19.9. The van der Waals surface area contributed by atoms with Crippen LogP contribution >= 0.6 is 15.9 Å². The van der Waals surface area contributed by atoms with Crippen LogP contribution in [-0.2, 0) is 4.74 Å². The van der Waals surface area contributed by atoms with Gasteiger partial charge in [-0.25, -0.2) is 0 Å². The summed E-state index contributed by atoms with van der Waals surface area (Å²) in [6.07, 6.45) is 2.20. The first-order valence-electron chi connectivity index (χ1n) is 9.60. The van der Waals surface area contributed by atoms with Gasteiger partial charge in [-0.05, 0) is 65.0 Å². The maximum atomic E-state index is 12.7. The minimum absolute atomic E-state index is 0.123. The highest BCUT2D eigenvalue weighted by Gasteiger charge is 2.17. The summed E-state index contributed by atoms with van der Waals surface area (Å²) in [5.41, 5.74) is 1.18. The molecule has 1 aliphatic heterocycles. The van der Waals surface area contributed by atoms with Crippen LogP contribution in [0.25, 0.3) is 0 Å². The van der Waals surface area contributed by atoms with Crippen LogP contribution in [0, 0.1) is 5.92 Å². The molecule has 1 N–H and O–H groups in total. The largest absolute Gasteiger partial charge is 0.492 e. The Balaban J connectivity index is 1.65. The number of carbonyl (C=O) groups is 1. The van der Waals surface area contributed by atoms with E-state index in [0.29, 0.717) is 36.1 Å². The molecule has 1 aliphatic rings. The monoisotopic (exact) mass is 447 g/mol. The average Bonchev–Trinajstić information content (AvgIpc) is 3.19. The molecule has 1 heterocycles. The molecule has 0 saturated carbocycles. The van der Waals surface area contributed by atoms with Gasteiger partial charge < -0.3 is 19.5 Å². The number of amides is 1. The summed E-state index contributed by atoms with van der Waals surface area (Å²) < 4.78 is 18.0. The summed E-state index contributed by atoms with van der Waals surface area (Å²) in [5.74, 6) is 1.60. The van der Waals surface area contributed by atoms with Crippen molar-refractivity contribution in [3.05, 3.63) is 52.5 Å². The number of hydrogen-bond acceptors (Lipinski definition) is 4. The molecule has 1 unspecified atom stereocenters. The lowest BCUT2D eigenvalue weighted by Gasteiger charge is -2.15. The first kappa shape index (κ1) is 20.7. The number of para-hydroxylation sites is 2. The molecule has 150 valence electrons. The molecule has 0 aromatic heterocycles. The van der Waals surface area contributed by atoms with Gasteiger partial charge in [-0.3, -0.25) is 4.79 Å². The highest BCUT2D eigenvalue weighted by molar-refractivity contribution is 9.10. The van der Waals surface area contributed by atoms with E-state index in [4.69, 9.17) is 14.2 Å². The standard InChI is InChI=1S/C22H26BrNO4/c1-15(2)13-27-20-10-9-16(12-18(20)23)22(25)24-19-7-3-4-8-21(19)28-14-17-6-5-11-26-17/h3-4,7-10,12,15,17H,5-6,11,13-14H2,1-2H3,(H,24,25). The highest BCUT2D eigenvalue weighted by atomic mass is 79.9.